The summed E-state index contributed by atoms with van der Waals surface area (Å²) in [5.41, 5.74) is 2.54. The molecule has 5 nitrogen and oxygen atoms in total. The molecule has 0 saturated carbocycles. The minimum Gasteiger partial charge on any atom is -0.224 e. The molecule has 0 aliphatic carbocycles. The monoisotopic (exact) mass is 315 g/mol. The number of hydrogen-bond donors (Lipinski definition) is 1. The molecule has 0 spiro atoms. The number of sulfone groups is 1. The van der Waals surface area contributed by atoms with Gasteiger partial charge in [-0.1, -0.05) is 12.1 Å². The van der Waals surface area contributed by atoms with Crippen molar-refractivity contribution in [2.75, 3.05) is 5.75 Å². The van der Waals surface area contributed by atoms with E-state index in [0.29, 0.717) is 5.56 Å². The summed E-state index contributed by atoms with van der Waals surface area (Å²) in [4.78, 5) is 0.193. The van der Waals surface area contributed by atoms with E-state index in [4.69, 9.17) is 0 Å². The van der Waals surface area contributed by atoms with Crippen LogP contribution in [0.5, 0.6) is 0 Å². The molecule has 0 saturated heterocycles. The fourth-order valence-electron chi connectivity index (χ4n) is 2.14. The molecule has 2 rings (SSSR count). The highest BCUT2D eigenvalue weighted by atomic mass is 32.2. The average molecular weight is 315 g/mol. The predicted molar refractivity (Wildman–Crippen MR) is 77.7 cm³/mol. The highest BCUT2D eigenvalue weighted by Gasteiger charge is 2.27. The lowest BCUT2D eigenvalue weighted by atomic mass is 10.1. The van der Waals surface area contributed by atoms with E-state index in [2.05, 4.69) is 4.72 Å². The van der Waals surface area contributed by atoms with E-state index in [1.165, 1.54) is 6.08 Å². The number of aryl methyl sites for hydroxylation is 3. The van der Waals surface area contributed by atoms with Crippen LogP contribution in [0.15, 0.2) is 28.5 Å². The summed E-state index contributed by atoms with van der Waals surface area (Å²) in [6, 6.07) is 2.72. The van der Waals surface area contributed by atoms with Crippen molar-refractivity contribution in [2.24, 2.45) is 0 Å². The van der Waals surface area contributed by atoms with E-state index in [1.807, 2.05) is 19.9 Å². The highest BCUT2D eigenvalue weighted by Crippen LogP contribution is 2.21. The maximum absolute atomic E-state index is 12.3. The van der Waals surface area contributed by atoms with Gasteiger partial charge in [0.05, 0.1) is 16.7 Å². The summed E-state index contributed by atoms with van der Waals surface area (Å²) >= 11 is 0. The molecule has 110 valence electrons. The third kappa shape index (κ3) is 3.11. The van der Waals surface area contributed by atoms with Gasteiger partial charge >= 0.3 is 0 Å². The van der Waals surface area contributed by atoms with Crippen LogP contribution in [0.1, 0.15) is 16.7 Å². The molecule has 1 aliphatic rings. The Morgan fingerprint density at radius 2 is 1.70 bits per heavy atom. The molecule has 0 aromatic heterocycles. The molecule has 1 N–H and O–H groups in total. The van der Waals surface area contributed by atoms with Crippen LogP contribution in [0.4, 0.5) is 0 Å². The summed E-state index contributed by atoms with van der Waals surface area (Å²) in [5.74, 6) is -0.226. The van der Waals surface area contributed by atoms with Gasteiger partial charge in [-0.05, 0) is 43.5 Å². The van der Waals surface area contributed by atoms with Gasteiger partial charge in [0.2, 0.25) is 10.0 Å². The second-order valence-corrected chi connectivity index (χ2v) is 8.70. The lowest BCUT2D eigenvalue weighted by Gasteiger charge is -2.14. The summed E-state index contributed by atoms with van der Waals surface area (Å²) in [7, 11) is -7.01. The SMILES string of the molecule is Cc1cc(C)c(S(=O)(=O)N[C@H]2C=CS(=O)(=O)C2)cc1C. The van der Waals surface area contributed by atoms with Crippen LogP contribution in [-0.2, 0) is 19.9 Å². The number of benzene rings is 1. The van der Waals surface area contributed by atoms with Crippen LogP contribution in [0.3, 0.4) is 0 Å². The Hall–Kier alpha value is -1.18. The average Bonchev–Trinajstić information content (AvgIpc) is 2.62. The van der Waals surface area contributed by atoms with Crippen molar-refractivity contribution in [3.63, 3.8) is 0 Å². The van der Waals surface area contributed by atoms with Gasteiger partial charge < -0.3 is 0 Å². The van der Waals surface area contributed by atoms with Crippen molar-refractivity contribution in [1.29, 1.82) is 0 Å². The Morgan fingerprint density at radius 3 is 2.25 bits per heavy atom. The van der Waals surface area contributed by atoms with Gasteiger partial charge in [-0.25, -0.2) is 21.6 Å². The van der Waals surface area contributed by atoms with Crippen LogP contribution >= 0.6 is 0 Å². The van der Waals surface area contributed by atoms with Crippen LogP contribution in [0.2, 0.25) is 0 Å². The first-order valence-corrected chi connectivity index (χ1v) is 9.32. The molecule has 0 amide bonds. The van der Waals surface area contributed by atoms with Gasteiger partial charge in [0.1, 0.15) is 0 Å². The summed E-state index contributed by atoms with van der Waals surface area (Å²) < 4.78 is 49.7. The van der Waals surface area contributed by atoms with Gasteiger partial charge in [0, 0.05) is 5.41 Å². The first-order chi connectivity index (χ1) is 9.11. The lowest BCUT2D eigenvalue weighted by molar-refractivity contribution is 0.574. The fraction of sp³-hybridized carbons (Fsp3) is 0.385. The van der Waals surface area contributed by atoms with Gasteiger partial charge in [-0.3, -0.25) is 0 Å². The normalized spacial score (nSPS) is 21.2. The van der Waals surface area contributed by atoms with Gasteiger partial charge in [-0.15, -0.1) is 0 Å². The molecule has 7 heteroatoms. The van der Waals surface area contributed by atoms with Crippen molar-refractivity contribution in [2.45, 2.75) is 31.7 Å². The molecule has 1 heterocycles. The Bertz CT molecular complexity index is 777. The molecule has 1 aliphatic heterocycles. The van der Waals surface area contributed by atoms with Crippen LogP contribution in [-0.4, -0.2) is 28.6 Å². The van der Waals surface area contributed by atoms with Gasteiger partial charge in [0.15, 0.2) is 9.84 Å². The largest absolute Gasteiger partial charge is 0.241 e. The Morgan fingerprint density at radius 1 is 1.10 bits per heavy atom. The highest BCUT2D eigenvalue weighted by molar-refractivity contribution is 7.94. The minimum atomic E-state index is -3.73. The Kier molecular flexibility index (Phi) is 3.79. The molecular weight excluding hydrogens is 298 g/mol. The molecule has 0 bridgehead atoms. The molecule has 0 fully saturated rings. The summed E-state index contributed by atoms with van der Waals surface area (Å²) in [5, 5.41) is 1.05. The van der Waals surface area contributed by atoms with E-state index >= 15 is 0 Å². The van der Waals surface area contributed by atoms with Crippen molar-refractivity contribution >= 4 is 19.9 Å². The number of hydrogen-bond acceptors (Lipinski definition) is 4. The Labute approximate surface area is 119 Å². The first-order valence-electron chi connectivity index (χ1n) is 6.12. The Balaban J connectivity index is 2.33. The van der Waals surface area contributed by atoms with Gasteiger partial charge in [0.25, 0.3) is 0 Å². The van der Waals surface area contributed by atoms with Crippen molar-refractivity contribution in [3.8, 4) is 0 Å². The molecule has 1 atom stereocenters. The smallest absolute Gasteiger partial charge is 0.224 e. The summed E-state index contributed by atoms with van der Waals surface area (Å²) in [6.45, 7) is 5.48. The zero-order valence-corrected chi connectivity index (χ0v) is 13.2. The molecule has 0 unspecified atom stereocenters. The predicted octanol–water partition coefficient (Wildman–Crippen LogP) is 1.20. The minimum absolute atomic E-state index is 0.193. The van der Waals surface area contributed by atoms with Crippen molar-refractivity contribution < 1.29 is 16.8 Å². The fourth-order valence-corrected chi connectivity index (χ4v) is 4.98. The number of nitrogens with one attached hydrogen (secondary N) is 1. The lowest BCUT2D eigenvalue weighted by Crippen LogP contribution is -2.35. The summed E-state index contributed by atoms with van der Waals surface area (Å²) in [6.07, 6.45) is 1.36. The zero-order chi connectivity index (χ0) is 15.1. The molecule has 1 aromatic rings. The van der Waals surface area contributed by atoms with Crippen LogP contribution < -0.4 is 4.72 Å². The van der Waals surface area contributed by atoms with Crippen molar-refractivity contribution in [1.82, 2.24) is 4.72 Å². The third-order valence-corrected chi connectivity index (χ3v) is 6.34. The molecule has 1 aromatic carbocycles. The second-order valence-electron chi connectivity index (χ2n) is 5.09. The van der Waals surface area contributed by atoms with Crippen molar-refractivity contribution in [3.05, 3.63) is 40.3 Å². The maximum atomic E-state index is 12.3. The number of rotatable bonds is 3. The van der Waals surface area contributed by atoms with E-state index in [1.54, 1.807) is 13.0 Å². The number of sulfonamides is 1. The van der Waals surface area contributed by atoms with E-state index in [-0.39, 0.29) is 10.6 Å². The van der Waals surface area contributed by atoms with E-state index in [0.717, 1.165) is 16.5 Å². The van der Waals surface area contributed by atoms with Crippen LogP contribution in [0, 0.1) is 20.8 Å². The standard InChI is InChI=1S/C13H17NO4S2/c1-9-6-11(3)13(7-10(9)2)20(17,18)14-12-4-5-19(15,16)8-12/h4-7,12,14H,8H2,1-3H3/t12-/m0/s1. The first kappa shape index (κ1) is 15.2. The zero-order valence-electron chi connectivity index (χ0n) is 11.5. The second kappa shape index (κ2) is 4.98. The third-order valence-electron chi connectivity index (χ3n) is 3.32. The molecular formula is C13H17NO4S2. The molecule has 0 radical (unpaired) electrons. The van der Waals surface area contributed by atoms with Gasteiger partial charge in [-0.2, -0.15) is 0 Å². The topological polar surface area (TPSA) is 80.3 Å². The molecule has 20 heavy (non-hydrogen) atoms. The maximum Gasteiger partial charge on any atom is 0.241 e. The van der Waals surface area contributed by atoms with E-state index < -0.39 is 25.9 Å². The van der Waals surface area contributed by atoms with E-state index in [9.17, 15) is 16.8 Å². The van der Waals surface area contributed by atoms with Crippen LogP contribution in [0.25, 0.3) is 0 Å². The quantitative estimate of drug-likeness (QED) is 0.909.